The van der Waals surface area contributed by atoms with E-state index in [1.54, 1.807) is 10.2 Å². The molecule has 1 aromatic heterocycles. The number of aromatic nitrogens is 2. The molecule has 1 aliphatic heterocycles. The minimum Gasteiger partial charge on any atom is -0.394 e. The summed E-state index contributed by atoms with van der Waals surface area (Å²) >= 11 is 1.99. The van der Waals surface area contributed by atoms with Crippen molar-refractivity contribution in [2.24, 2.45) is 0 Å². The molecule has 20 heavy (non-hydrogen) atoms. The Morgan fingerprint density at radius 1 is 1.65 bits per heavy atom. The maximum Gasteiger partial charge on any atom is 0.351 e. The monoisotopic (exact) mass is 395 g/mol. The van der Waals surface area contributed by atoms with Gasteiger partial charge >= 0.3 is 5.69 Å². The van der Waals surface area contributed by atoms with Crippen LogP contribution in [0.25, 0.3) is 6.08 Å². The maximum absolute atomic E-state index is 11.9. The predicted molar refractivity (Wildman–Crippen MR) is 78.6 cm³/mol. The highest BCUT2D eigenvalue weighted by atomic mass is 127. The maximum atomic E-state index is 11.9. The van der Waals surface area contributed by atoms with E-state index in [1.165, 1.54) is 6.20 Å². The number of hydrogen-bond acceptors (Lipinski definition) is 7. The smallest absolute Gasteiger partial charge is 0.351 e. The normalized spacial score (nSPS) is 26.3. The minimum absolute atomic E-state index is 0.0189. The molecule has 0 bridgehead atoms. The summed E-state index contributed by atoms with van der Waals surface area (Å²) in [6.07, 6.45) is 0.979. The molecule has 1 saturated heterocycles. The van der Waals surface area contributed by atoms with Crippen LogP contribution in [0, 0.1) is 0 Å². The fourth-order valence-electron chi connectivity index (χ4n) is 2.04. The van der Waals surface area contributed by atoms with Crippen LogP contribution in [0.1, 0.15) is 18.2 Å². The zero-order valence-corrected chi connectivity index (χ0v) is 12.5. The van der Waals surface area contributed by atoms with E-state index in [2.05, 4.69) is 4.98 Å². The number of aliphatic hydroxyl groups excluding tert-OH is 2. The van der Waals surface area contributed by atoms with E-state index in [0.717, 1.165) is 4.57 Å². The molecule has 8 nitrogen and oxygen atoms in total. The number of aliphatic hydroxyl groups is 2. The number of rotatable bonds is 4. The SMILES string of the molecule is O=c1nc(NO)c(C=CI)cn1[C@@H]1O[C@H](CO)C[C@H]1O. The third-order valence-corrected chi connectivity index (χ3v) is 3.33. The van der Waals surface area contributed by atoms with Gasteiger partial charge < -0.3 is 14.9 Å². The van der Waals surface area contributed by atoms with E-state index >= 15 is 0 Å². The van der Waals surface area contributed by atoms with E-state index in [-0.39, 0.29) is 18.8 Å². The predicted octanol–water partition coefficient (Wildman–Crippen LogP) is 0.0908. The highest BCUT2D eigenvalue weighted by Gasteiger charge is 2.35. The van der Waals surface area contributed by atoms with Crippen molar-refractivity contribution in [1.29, 1.82) is 0 Å². The summed E-state index contributed by atoms with van der Waals surface area (Å²) in [7, 11) is 0. The second kappa shape index (κ2) is 6.63. The number of nitrogens with zero attached hydrogens (tertiary/aromatic N) is 2. The van der Waals surface area contributed by atoms with Crippen LogP contribution in [0.4, 0.5) is 5.82 Å². The highest BCUT2D eigenvalue weighted by Crippen LogP contribution is 2.28. The Kier molecular flexibility index (Phi) is 5.10. The highest BCUT2D eigenvalue weighted by molar-refractivity contribution is 14.1. The molecule has 1 aliphatic rings. The zero-order chi connectivity index (χ0) is 14.7. The summed E-state index contributed by atoms with van der Waals surface area (Å²) in [5, 5.41) is 27.9. The van der Waals surface area contributed by atoms with Crippen molar-refractivity contribution < 1.29 is 20.2 Å². The summed E-state index contributed by atoms with van der Waals surface area (Å²) < 4.78 is 8.24. The molecule has 0 radical (unpaired) electrons. The van der Waals surface area contributed by atoms with Gasteiger partial charge in [0.05, 0.1) is 12.7 Å². The van der Waals surface area contributed by atoms with Gasteiger partial charge in [-0.1, -0.05) is 22.6 Å². The van der Waals surface area contributed by atoms with Gasteiger partial charge in [-0.15, -0.1) is 0 Å². The molecule has 0 aromatic carbocycles. The van der Waals surface area contributed by atoms with E-state index in [4.69, 9.17) is 15.1 Å². The summed E-state index contributed by atoms with van der Waals surface area (Å²) in [6, 6.07) is 0. The van der Waals surface area contributed by atoms with Crippen LogP contribution < -0.4 is 11.2 Å². The lowest BCUT2D eigenvalue weighted by molar-refractivity contribution is -0.0530. The van der Waals surface area contributed by atoms with Crippen LogP contribution in [0.15, 0.2) is 15.1 Å². The third-order valence-electron chi connectivity index (χ3n) is 2.97. The largest absolute Gasteiger partial charge is 0.394 e. The minimum atomic E-state index is -0.906. The number of nitrogens with one attached hydrogen (secondary N) is 1. The fourth-order valence-corrected chi connectivity index (χ4v) is 2.43. The van der Waals surface area contributed by atoms with E-state index in [0.29, 0.717) is 5.56 Å². The standard InChI is InChI=1S/C11H14IN3O5/c12-2-1-6-4-15(11(18)13-9(6)14-19)10-8(17)3-7(5-16)20-10/h1-2,4,7-8,10,16-17,19H,3,5H2,(H,13,14,18)/t7-,8+,10+/m0/s1. The van der Waals surface area contributed by atoms with Crippen LogP contribution in [0.2, 0.25) is 0 Å². The molecule has 0 aliphatic carbocycles. The van der Waals surface area contributed by atoms with Crippen molar-refractivity contribution in [3.63, 3.8) is 0 Å². The van der Waals surface area contributed by atoms with Crippen LogP contribution in [0.5, 0.6) is 0 Å². The Bertz CT molecular complexity index is 561. The van der Waals surface area contributed by atoms with Crippen molar-refractivity contribution in [2.45, 2.75) is 24.9 Å². The van der Waals surface area contributed by atoms with E-state index in [9.17, 15) is 9.90 Å². The molecule has 3 atom stereocenters. The van der Waals surface area contributed by atoms with Gasteiger partial charge in [0.25, 0.3) is 0 Å². The van der Waals surface area contributed by atoms with Gasteiger partial charge in [0.2, 0.25) is 0 Å². The van der Waals surface area contributed by atoms with Crippen LogP contribution in [-0.2, 0) is 4.74 Å². The molecular weight excluding hydrogens is 381 g/mol. The van der Waals surface area contributed by atoms with Crippen molar-refractivity contribution in [1.82, 2.24) is 9.55 Å². The third kappa shape index (κ3) is 3.01. The Hall–Kier alpha value is -1.01. The Morgan fingerprint density at radius 2 is 2.40 bits per heavy atom. The van der Waals surface area contributed by atoms with E-state index < -0.39 is 24.1 Å². The molecule has 1 fully saturated rings. The van der Waals surface area contributed by atoms with Crippen LogP contribution >= 0.6 is 22.6 Å². The van der Waals surface area contributed by atoms with Gasteiger partial charge in [-0.25, -0.2) is 4.79 Å². The lowest BCUT2D eigenvalue weighted by Crippen LogP contribution is -2.32. The molecule has 0 amide bonds. The second-order valence-electron chi connectivity index (χ2n) is 4.27. The van der Waals surface area contributed by atoms with Gasteiger partial charge in [-0.2, -0.15) is 4.98 Å². The number of ether oxygens (including phenoxy) is 1. The van der Waals surface area contributed by atoms with Crippen molar-refractivity contribution >= 4 is 34.5 Å². The van der Waals surface area contributed by atoms with Crippen LogP contribution in [-0.4, -0.2) is 43.8 Å². The summed E-state index contributed by atoms with van der Waals surface area (Å²) in [5.41, 5.74) is 1.64. The lowest BCUT2D eigenvalue weighted by atomic mass is 10.2. The average Bonchev–Trinajstić information content (AvgIpc) is 2.81. The second-order valence-corrected chi connectivity index (χ2v) is 4.99. The van der Waals surface area contributed by atoms with Gasteiger partial charge in [0.1, 0.15) is 6.10 Å². The van der Waals surface area contributed by atoms with Gasteiger partial charge in [-0.05, 0) is 10.2 Å². The Morgan fingerprint density at radius 3 is 2.95 bits per heavy atom. The summed E-state index contributed by atoms with van der Waals surface area (Å²) in [5.74, 6) is 0.0189. The molecule has 2 rings (SSSR count). The molecule has 110 valence electrons. The van der Waals surface area contributed by atoms with Crippen molar-refractivity contribution in [2.75, 3.05) is 12.1 Å². The van der Waals surface area contributed by atoms with Crippen molar-refractivity contribution in [3.8, 4) is 0 Å². The summed E-state index contributed by atoms with van der Waals surface area (Å²) in [4.78, 5) is 15.6. The van der Waals surface area contributed by atoms with Crippen molar-refractivity contribution in [3.05, 3.63) is 26.3 Å². The Balaban J connectivity index is 2.42. The fraction of sp³-hybridized carbons (Fsp3) is 0.455. The van der Waals surface area contributed by atoms with Gasteiger partial charge in [-0.3, -0.25) is 15.3 Å². The molecule has 0 spiro atoms. The van der Waals surface area contributed by atoms with Crippen LogP contribution in [0.3, 0.4) is 0 Å². The number of anilines is 1. The first-order chi connectivity index (χ1) is 9.60. The molecule has 1 aromatic rings. The molecule has 2 heterocycles. The zero-order valence-electron chi connectivity index (χ0n) is 10.3. The topological polar surface area (TPSA) is 117 Å². The molecule has 9 heteroatoms. The molecule has 0 unspecified atom stereocenters. The molecular formula is C11H14IN3O5. The first-order valence-corrected chi connectivity index (χ1v) is 7.09. The first kappa shape index (κ1) is 15.4. The Labute approximate surface area is 127 Å². The summed E-state index contributed by atoms with van der Waals surface area (Å²) in [6.45, 7) is -0.230. The molecule has 0 saturated carbocycles. The number of hydrogen-bond donors (Lipinski definition) is 4. The molecule has 4 N–H and O–H groups in total. The number of halogens is 1. The van der Waals surface area contributed by atoms with Gasteiger partial charge in [0, 0.05) is 18.2 Å². The lowest BCUT2D eigenvalue weighted by Gasteiger charge is -2.18. The quantitative estimate of drug-likeness (QED) is 0.422. The average molecular weight is 395 g/mol. The van der Waals surface area contributed by atoms with E-state index in [1.807, 2.05) is 28.1 Å². The van der Waals surface area contributed by atoms with Gasteiger partial charge in [0.15, 0.2) is 12.0 Å². The first-order valence-electron chi connectivity index (χ1n) is 5.85.